The summed E-state index contributed by atoms with van der Waals surface area (Å²) in [4.78, 5) is 15.9. The Hall–Kier alpha value is -1.02. The van der Waals surface area contributed by atoms with Crippen LogP contribution in [-0.4, -0.2) is 10.9 Å². The molecule has 0 atom stereocenters. The lowest BCUT2D eigenvalue weighted by Crippen LogP contribution is -2.15. The number of hydrogen-bond acceptors (Lipinski definition) is 2. The molecule has 1 aromatic heterocycles. The third kappa shape index (κ3) is 3.05. The predicted molar refractivity (Wildman–Crippen MR) is 79.0 cm³/mol. The second-order valence-corrected chi connectivity index (χ2v) is 5.51. The fourth-order valence-electron chi connectivity index (χ4n) is 1.34. The van der Waals surface area contributed by atoms with Gasteiger partial charge in [0.1, 0.15) is 11.6 Å². The summed E-state index contributed by atoms with van der Waals surface area (Å²) in [6.07, 6.45) is 1.62. The van der Waals surface area contributed by atoms with E-state index in [9.17, 15) is 9.18 Å². The van der Waals surface area contributed by atoms with E-state index in [1.54, 1.807) is 24.4 Å². The molecule has 1 aromatic carbocycles. The van der Waals surface area contributed by atoms with E-state index in [-0.39, 0.29) is 5.56 Å². The highest BCUT2D eigenvalue weighted by Crippen LogP contribution is 2.20. The van der Waals surface area contributed by atoms with Crippen LogP contribution >= 0.6 is 38.5 Å². The molecule has 0 fully saturated rings. The monoisotopic (exact) mass is 420 g/mol. The zero-order chi connectivity index (χ0) is 13.1. The second-order valence-electron chi connectivity index (χ2n) is 3.41. The molecule has 92 valence electrons. The van der Waals surface area contributed by atoms with Crippen molar-refractivity contribution < 1.29 is 9.18 Å². The molecule has 0 bridgehead atoms. The van der Waals surface area contributed by atoms with Crippen molar-refractivity contribution in [1.82, 2.24) is 4.98 Å². The SMILES string of the molecule is O=C(Nc1ccc(I)cn1)c1c(F)cccc1Br. The fourth-order valence-corrected chi connectivity index (χ4v) is 2.18. The maximum absolute atomic E-state index is 13.6. The number of carbonyl (C=O) groups excluding carboxylic acids is 1. The van der Waals surface area contributed by atoms with Crippen LogP contribution in [0.4, 0.5) is 10.2 Å². The Bertz CT molecular complexity index is 569. The maximum atomic E-state index is 13.6. The van der Waals surface area contributed by atoms with Crippen molar-refractivity contribution in [3.05, 3.63) is 56.0 Å². The quantitative estimate of drug-likeness (QED) is 0.750. The highest BCUT2D eigenvalue weighted by atomic mass is 127. The Morgan fingerprint density at radius 1 is 1.33 bits per heavy atom. The molecule has 1 amide bonds. The molecule has 6 heteroatoms. The van der Waals surface area contributed by atoms with Gasteiger partial charge in [-0.15, -0.1) is 0 Å². The molecule has 0 aliphatic heterocycles. The van der Waals surface area contributed by atoms with Gasteiger partial charge in [0.15, 0.2) is 0 Å². The van der Waals surface area contributed by atoms with E-state index in [1.807, 2.05) is 0 Å². The van der Waals surface area contributed by atoms with Gasteiger partial charge >= 0.3 is 0 Å². The van der Waals surface area contributed by atoms with Crippen molar-refractivity contribution in [3.63, 3.8) is 0 Å². The molecule has 3 nitrogen and oxygen atoms in total. The number of nitrogens with zero attached hydrogens (tertiary/aromatic N) is 1. The number of rotatable bonds is 2. The number of nitrogens with one attached hydrogen (secondary N) is 1. The van der Waals surface area contributed by atoms with Crippen LogP contribution in [0.2, 0.25) is 0 Å². The van der Waals surface area contributed by atoms with Crippen molar-refractivity contribution in [1.29, 1.82) is 0 Å². The lowest BCUT2D eigenvalue weighted by atomic mass is 10.2. The average Bonchev–Trinajstić information content (AvgIpc) is 2.32. The molecular formula is C12H7BrFIN2O. The van der Waals surface area contributed by atoms with Gasteiger partial charge in [-0.3, -0.25) is 4.79 Å². The van der Waals surface area contributed by atoms with Gasteiger partial charge in [-0.1, -0.05) is 6.07 Å². The standard InChI is InChI=1S/C12H7BrFIN2O/c13-8-2-1-3-9(14)11(8)12(18)17-10-5-4-7(15)6-16-10/h1-6H,(H,16,17,18). The Morgan fingerprint density at radius 2 is 2.11 bits per heavy atom. The number of pyridine rings is 1. The number of amides is 1. The number of hydrogen-bond donors (Lipinski definition) is 1. The van der Waals surface area contributed by atoms with Crippen LogP contribution in [0, 0.1) is 9.39 Å². The van der Waals surface area contributed by atoms with E-state index in [0.29, 0.717) is 10.3 Å². The summed E-state index contributed by atoms with van der Waals surface area (Å²) in [6, 6.07) is 7.84. The molecule has 0 aliphatic carbocycles. The van der Waals surface area contributed by atoms with E-state index in [2.05, 4.69) is 48.8 Å². The molecule has 1 heterocycles. The Labute approximate surface area is 125 Å². The van der Waals surface area contributed by atoms with Gasteiger partial charge < -0.3 is 5.32 Å². The maximum Gasteiger partial charge on any atom is 0.260 e. The van der Waals surface area contributed by atoms with Crippen LogP contribution in [-0.2, 0) is 0 Å². The van der Waals surface area contributed by atoms with E-state index in [1.165, 1.54) is 12.1 Å². The summed E-state index contributed by atoms with van der Waals surface area (Å²) in [6.45, 7) is 0. The largest absolute Gasteiger partial charge is 0.306 e. The highest BCUT2D eigenvalue weighted by molar-refractivity contribution is 14.1. The normalized spacial score (nSPS) is 10.2. The van der Waals surface area contributed by atoms with E-state index in [0.717, 1.165) is 3.57 Å². The molecule has 0 radical (unpaired) electrons. The first-order valence-electron chi connectivity index (χ1n) is 4.95. The number of carbonyl (C=O) groups is 1. The summed E-state index contributed by atoms with van der Waals surface area (Å²) in [5, 5.41) is 2.54. The first-order valence-corrected chi connectivity index (χ1v) is 6.82. The van der Waals surface area contributed by atoms with Crippen molar-refractivity contribution >= 4 is 50.2 Å². The molecule has 2 rings (SSSR count). The van der Waals surface area contributed by atoms with Crippen LogP contribution in [0.25, 0.3) is 0 Å². The van der Waals surface area contributed by atoms with E-state index >= 15 is 0 Å². The van der Waals surface area contributed by atoms with Crippen molar-refractivity contribution in [2.24, 2.45) is 0 Å². The second kappa shape index (κ2) is 5.75. The third-order valence-electron chi connectivity index (χ3n) is 2.16. The first-order chi connectivity index (χ1) is 8.58. The van der Waals surface area contributed by atoms with E-state index < -0.39 is 11.7 Å². The van der Waals surface area contributed by atoms with Crippen LogP contribution in [0.5, 0.6) is 0 Å². The van der Waals surface area contributed by atoms with Crippen molar-refractivity contribution in [2.75, 3.05) is 5.32 Å². The van der Waals surface area contributed by atoms with Crippen LogP contribution in [0.3, 0.4) is 0 Å². The van der Waals surface area contributed by atoms with Gasteiger partial charge in [-0.05, 0) is 62.8 Å². The third-order valence-corrected chi connectivity index (χ3v) is 3.46. The van der Waals surface area contributed by atoms with Crippen LogP contribution in [0.15, 0.2) is 41.0 Å². The number of halogens is 3. The Balaban J connectivity index is 2.25. The van der Waals surface area contributed by atoms with Gasteiger partial charge in [0.25, 0.3) is 5.91 Å². The minimum absolute atomic E-state index is 0.0298. The number of benzene rings is 1. The van der Waals surface area contributed by atoms with Crippen LogP contribution < -0.4 is 5.32 Å². The molecule has 0 saturated carbocycles. The number of aromatic nitrogens is 1. The van der Waals surface area contributed by atoms with Gasteiger partial charge in [-0.2, -0.15) is 0 Å². The fraction of sp³-hybridized carbons (Fsp3) is 0. The smallest absolute Gasteiger partial charge is 0.260 e. The summed E-state index contributed by atoms with van der Waals surface area (Å²) < 4.78 is 14.9. The van der Waals surface area contributed by atoms with Gasteiger partial charge in [0, 0.05) is 14.2 Å². The molecule has 0 aliphatic rings. The van der Waals surface area contributed by atoms with Gasteiger partial charge in [0.05, 0.1) is 5.56 Å². The van der Waals surface area contributed by atoms with E-state index in [4.69, 9.17) is 0 Å². The lowest BCUT2D eigenvalue weighted by molar-refractivity contribution is 0.102. The molecular weight excluding hydrogens is 414 g/mol. The summed E-state index contributed by atoms with van der Waals surface area (Å²) >= 11 is 5.26. The first kappa shape index (κ1) is 13.4. The van der Waals surface area contributed by atoms with Crippen molar-refractivity contribution in [3.8, 4) is 0 Å². The predicted octanol–water partition coefficient (Wildman–Crippen LogP) is 3.84. The average molecular weight is 421 g/mol. The zero-order valence-electron chi connectivity index (χ0n) is 8.95. The molecule has 18 heavy (non-hydrogen) atoms. The molecule has 0 spiro atoms. The minimum atomic E-state index is -0.576. The summed E-state index contributed by atoms with van der Waals surface area (Å²) in [5.74, 6) is -0.725. The Morgan fingerprint density at radius 3 is 2.72 bits per heavy atom. The lowest BCUT2D eigenvalue weighted by Gasteiger charge is -2.07. The van der Waals surface area contributed by atoms with Gasteiger partial charge in [0.2, 0.25) is 0 Å². The zero-order valence-corrected chi connectivity index (χ0v) is 12.7. The molecule has 0 unspecified atom stereocenters. The van der Waals surface area contributed by atoms with Crippen molar-refractivity contribution in [2.45, 2.75) is 0 Å². The van der Waals surface area contributed by atoms with Gasteiger partial charge in [-0.25, -0.2) is 9.37 Å². The minimum Gasteiger partial charge on any atom is -0.306 e. The summed E-state index contributed by atoms with van der Waals surface area (Å²) in [5.41, 5.74) is -0.0298. The molecule has 0 saturated heterocycles. The highest BCUT2D eigenvalue weighted by Gasteiger charge is 2.15. The summed E-state index contributed by atoms with van der Waals surface area (Å²) in [7, 11) is 0. The van der Waals surface area contributed by atoms with Crippen LogP contribution in [0.1, 0.15) is 10.4 Å². The topological polar surface area (TPSA) is 42.0 Å². The number of anilines is 1. The molecule has 1 N–H and O–H groups in total. The Kier molecular flexibility index (Phi) is 4.28. The molecule has 2 aromatic rings.